The molecule has 1 aliphatic rings. The van der Waals surface area contributed by atoms with Crippen molar-refractivity contribution in [1.82, 2.24) is 9.97 Å². The lowest BCUT2D eigenvalue weighted by atomic mass is 10.1. The van der Waals surface area contributed by atoms with E-state index in [1.165, 1.54) is 25.7 Å². The van der Waals surface area contributed by atoms with E-state index in [-0.39, 0.29) is 5.91 Å². The van der Waals surface area contributed by atoms with Crippen LogP contribution in [0, 0.1) is 20.8 Å². The van der Waals surface area contributed by atoms with Gasteiger partial charge in [-0.15, -0.1) is 0 Å². The molecular formula is C21H28N4O. The Hall–Kier alpha value is -2.43. The van der Waals surface area contributed by atoms with Crippen molar-refractivity contribution in [3.05, 3.63) is 46.8 Å². The monoisotopic (exact) mass is 352 g/mol. The number of anilines is 2. The van der Waals surface area contributed by atoms with Gasteiger partial charge >= 0.3 is 0 Å². The van der Waals surface area contributed by atoms with Crippen molar-refractivity contribution in [2.75, 3.05) is 10.6 Å². The normalized spacial score (nSPS) is 15.3. The first-order chi connectivity index (χ1) is 12.5. The zero-order valence-corrected chi connectivity index (χ0v) is 15.9. The Labute approximate surface area is 155 Å². The van der Waals surface area contributed by atoms with E-state index in [0.29, 0.717) is 17.7 Å². The highest BCUT2D eigenvalue weighted by Crippen LogP contribution is 2.21. The molecule has 0 unspecified atom stereocenters. The SMILES string of the molecule is Cc1ccc(C)c(NC(=O)c2cc(C)nc(NC3CCCCCC3)n2)c1. The van der Waals surface area contributed by atoms with Crippen LogP contribution < -0.4 is 10.6 Å². The van der Waals surface area contributed by atoms with Crippen molar-refractivity contribution in [3.63, 3.8) is 0 Å². The van der Waals surface area contributed by atoms with Gasteiger partial charge in [0.25, 0.3) is 5.91 Å². The van der Waals surface area contributed by atoms with Gasteiger partial charge < -0.3 is 10.6 Å². The fourth-order valence-corrected chi connectivity index (χ4v) is 3.41. The van der Waals surface area contributed by atoms with E-state index in [9.17, 15) is 4.79 Å². The molecule has 26 heavy (non-hydrogen) atoms. The van der Waals surface area contributed by atoms with Crippen LogP contribution in [0.5, 0.6) is 0 Å². The Morgan fingerprint density at radius 3 is 2.46 bits per heavy atom. The van der Waals surface area contributed by atoms with Gasteiger partial charge in [0.1, 0.15) is 5.69 Å². The number of rotatable bonds is 4. The van der Waals surface area contributed by atoms with Crippen molar-refractivity contribution < 1.29 is 4.79 Å². The van der Waals surface area contributed by atoms with E-state index in [1.54, 1.807) is 6.07 Å². The summed E-state index contributed by atoms with van der Waals surface area (Å²) in [5.74, 6) is 0.358. The highest BCUT2D eigenvalue weighted by atomic mass is 16.1. The second-order valence-corrected chi connectivity index (χ2v) is 7.32. The van der Waals surface area contributed by atoms with Crippen molar-refractivity contribution in [2.45, 2.75) is 65.3 Å². The lowest BCUT2D eigenvalue weighted by Gasteiger charge is -2.17. The van der Waals surface area contributed by atoms with Crippen molar-refractivity contribution >= 4 is 17.5 Å². The van der Waals surface area contributed by atoms with Crippen LogP contribution in [0.4, 0.5) is 11.6 Å². The van der Waals surface area contributed by atoms with Gasteiger partial charge in [0.05, 0.1) is 0 Å². The molecule has 1 heterocycles. The fraction of sp³-hybridized carbons (Fsp3) is 0.476. The van der Waals surface area contributed by atoms with Crippen LogP contribution in [0.15, 0.2) is 24.3 Å². The standard InChI is InChI=1S/C21H28N4O/c1-14-10-11-15(2)18(12-14)24-20(26)19-13-16(3)22-21(25-19)23-17-8-6-4-5-7-9-17/h10-13,17H,4-9H2,1-3H3,(H,24,26)(H,22,23,25). The summed E-state index contributed by atoms with van der Waals surface area (Å²) >= 11 is 0. The highest BCUT2D eigenvalue weighted by Gasteiger charge is 2.16. The molecule has 1 amide bonds. The van der Waals surface area contributed by atoms with Gasteiger partial charge in [-0.1, -0.05) is 37.8 Å². The number of aryl methyl sites for hydroxylation is 3. The molecule has 0 saturated heterocycles. The van der Waals surface area contributed by atoms with Gasteiger partial charge in [-0.25, -0.2) is 9.97 Å². The summed E-state index contributed by atoms with van der Waals surface area (Å²) in [6.07, 6.45) is 7.36. The zero-order valence-electron chi connectivity index (χ0n) is 15.9. The summed E-state index contributed by atoms with van der Waals surface area (Å²) in [5, 5.41) is 6.42. The maximum Gasteiger partial charge on any atom is 0.274 e. The molecule has 1 aliphatic carbocycles. The Morgan fingerprint density at radius 2 is 1.73 bits per heavy atom. The van der Waals surface area contributed by atoms with Gasteiger partial charge in [-0.2, -0.15) is 0 Å². The second kappa shape index (κ2) is 8.30. The summed E-state index contributed by atoms with van der Waals surface area (Å²) in [5.41, 5.74) is 4.16. The number of benzene rings is 1. The average Bonchev–Trinajstić information content (AvgIpc) is 2.86. The third kappa shape index (κ3) is 4.81. The number of hydrogen-bond donors (Lipinski definition) is 2. The molecular weight excluding hydrogens is 324 g/mol. The first-order valence-electron chi connectivity index (χ1n) is 9.52. The minimum absolute atomic E-state index is 0.201. The molecule has 0 spiro atoms. The van der Waals surface area contributed by atoms with E-state index < -0.39 is 0 Å². The number of hydrogen-bond acceptors (Lipinski definition) is 4. The predicted molar refractivity (Wildman–Crippen MR) is 106 cm³/mol. The molecule has 1 aromatic carbocycles. The molecule has 1 saturated carbocycles. The molecule has 1 fully saturated rings. The Balaban J connectivity index is 1.75. The van der Waals surface area contributed by atoms with Crippen molar-refractivity contribution in [3.8, 4) is 0 Å². The van der Waals surface area contributed by atoms with E-state index in [1.807, 2.05) is 39.0 Å². The molecule has 5 heteroatoms. The molecule has 2 N–H and O–H groups in total. The quantitative estimate of drug-likeness (QED) is 0.777. The number of amides is 1. The molecule has 138 valence electrons. The molecule has 0 bridgehead atoms. The summed E-state index contributed by atoms with van der Waals surface area (Å²) in [6, 6.07) is 8.16. The number of carbonyl (C=O) groups excluding carboxylic acids is 1. The highest BCUT2D eigenvalue weighted by molar-refractivity contribution is 6.03. The van der Waals surface area contributed by atoms with Crippen LogP contribution >= 0.6 is 0 Å². The maximum absolute atomic E-state index is 12.7. The summed E-state index contributed by atoms with van der Waals surface area (Å²) in [4.78, 5) is 21.6. The lowest BCUT2D eigenvalue weighted by Crippen LogP contribution is -2.22. The Bertz CT molecular complexity index is 780. The van der Waals surface area contributed by atoms with E-state index in [0.717, 1.165) is 35.3 Å². The van der Waals surface area contributed by atoms with Gasteiger partial charge in [0.2, 0.25) is 5.95 Å². The number of nitrogens with one attached hydrogen (secondary N) is 2. The van der Waals surface area contributed by atoms with Crippen molar-refractivity contribution in [2.24, 2.45) is 0 Å². The molecule has 2 aromatic rings. The third-order valence-electron chi connectivity index (χ3n) is 4.92. The number of carbonyl (C=O) groups is 1. The zero-order chi connectivity index (χ0) is 18.5. The Kier molecular flexibility index (Phi) is 5.86. The smallest absolute Gasteiger partial charge is 0.274 e. The average molecular weight is 352 g/mol. The molecule has 0 radical (unpaired) electrons. The minimum Gasteiger partial charge on any atom is -0.351 e. The molecule has 3 rings (SSSR count). The number of aromatic nitrogens is 2. The van der Waals surface area contributed by atoms with Gasteiger partial charge in [0.15, 0.2) is 0 Å². The minimum atomic E-state index is -0.201. The van der Waals surface area contributed by atoms with Crippen LogP contribution in [-0.4, -0.2) is 21.9 Å². The summed E-state index contributed by atoms with van der Waals surface area (Å²) in [6.45, 7) is 5.90. The van der Waals surface area contributed by atoms with Gasteiger partial charge in [0, 0.05) is 17.4 Å². The molecule has 0 atom stereocenters. The second-order valence-electron chi connectivity index (χ2n) is 7.32. The summed E-state index contributed by atoms with van der Waals surface area (Å²) in [7, 11) is 0. The largest absolute Gasteiger partial charge is 0.351 e. The van der Waals surface area contributed by atoms with Crippen molar-refractivity contribution in [1.29, 1.82) is 0 Å². The third-order valence-corrected chi connectivity index (χ3v) is 4.92. The first-order valence-corrected chi connectivity index (χ1v) is 9.52. The van der Waals surface area contributed by atoms with Crippen LogP contribution in [-0.2, 0) is 0 Å². The van der Waals surface area contributed by atoms with Gasteiger partial charge in [-0.3, -0.25) is 4.79 Å². The van der Waals surface area contributed by atoms with E-state index in [4.69, 9.17) is 0 Å². The predicted octanol–water partition coefficient (Wildman–Crippen LogP) is 4.79. The molecule has 0 aliphatic heterocycles. The first kappa shape index (κ1) is 18.4. The van der Waals surface area contributed by atoms with Gasteiger partial charge in [-0.05, 0) is 56.9 Å². The van der Waals surface area contributed by atoms with Crippen LogP contribution in [0.25, 0.3) is 0 Å². The topological polar surface area (TPSA) is 66.9 Å². The maximum atomic E-state index is 12.7. The molecule has 1 aromatic heterocycles. The van der Waals surface area contributed by atoms with Crippen LogP contribution in [0.2, 0.25) is 0 Å². The lowest BCUT2D eigenvalue weighted by molar-refractivity contribution is 0.102. The molecule has 5 nitrogen and oxygen atoms in total. The van der Waals surface area contributed by atoms with E-state index in [2.05, 4.69) is 20.6 Å². The number of nitrogens with zero attached hydrogens (tertiary/aromatic N) is 2. The summed E-state index contributed by atoms with van der Waals surface area (Å²) < 4.78 is 0. The van der Waals surface area contributed by atoms with Crippen LogP contribution in [0.1, 0.15) is 65.8 Å². The van der Waals surface area contributed by atoms with Crippen LogP contribution in [0.3, 0.4) is 0 Å². The van der Waals surface area contributed by atoms with E-state index >= 15 is 0 Å². The Morgan fingerprint density at radius 1 is 1.00 bits per heavy atom. The fourth-order valence-electron chi connectivity index (χ4n) is 3.41.